The lowest BCUT2D eigenvalue weighted by molar-refractivity contribution is 0.179. The van der Waals surface area contributed by atoms with Crippen LogP contribution in [-0.2, 0) is 9.13 Å². The third kappa shape index (κ3) is 11.3. The maximum atomic E-state index is 14.4. The summed E-state index contributed by atoms with van der Waals surface area (Å²) in [6.07, 6.45) is -0.627. The number of nitrogens with zero attached hydrogens (tertiary/aromatic N) is 4. The minimum Gasteiger partial charge on any atom is -0.415 e. The maximum Gasteiger partial charge on any atom is 0.444 e. The maximum absolute atomic E-state index is 14.4. The zero-order valence-electron chi connectivity index (χ0n) is 26.9. The standard InChI is InChI=1S/C35H38N4O6P2/c1-28-9-5-13-32(21-28)42-46(40,43-33-14-6-10-29(2)22-33)26-38(19-17-36)25-39(20-18-37)27-47(41,44-34-15-7-11-30(3)23-34)45-35-16-8-12-31(4)24-35/h5-16,21-24H,19-20,25-27H2,1-4H3. The van der Waals surface area contributed by atoms with Crippen LogP contribution in [-0.4, -0.2) is 42.1 Å². The van der Waals surface area contributed by atoms with Crippen LogP contribution in [0.25, 0.3) is 0 Å². The Bertz CT molecular complexity index is 1620. The molecule has 12 heteroatoms. The Morgan fingerprint density at radius 2 is 0.809 bits per heavy atom. The van der Waals surface area contributed by atoms with Gasteiger partial charge in [0.1, 0.15) is 35.6 Å². The molecule has 0 aliphatic rings. The van der Waals surface area contributed by atoms with Crippen molar-refractivity contribution < 1.29 is 27.2 Å². The van der Waals surface area contributed by atoms with Crippen LogP contribution < -0.4 is 18.1 Å². The lowest BCUT2D eigenvalue weighted by atomic mass is 10.2. The summed E-state index contributed by atoms with van der Waals surface area (Å²) in [5, 5.41) is 19.5. The van der Waals surface area contributed by atoms with Crippen molar-refractivity contribution in [1.29, 1.82) is 10.5 Å². The zero-order chi connectivity index (χ0) is 33.9. The van der Waals surface area contributed by atoms with E-state index in [4.69, 9.17) is 18.1 Å². The van der Waals surface area contributed by atoms with Crippen LogP contribution >= 0.6 is 15.2 Å². The van der Waals surface area contributed by atoms with E-state index in [-0.39, 0.29) is 32.3 Å². The van der Waals surface area contributed by atoms with Crippen LogP contribution in [0.5, 0.6) is 23.0 Å². The summed E-state index contributed by atoms with van der Waals surface area (Å²) in [5.74, 6) is 1.37. The van der Waals surface area contributed by atoms with E-state index in [0.717, 1.165) is 22.3 Å². The van der Waals surface area contributed by atoms with Crippen molar-refractivity contribution in [1.82, 2.24) is 9.80 Å². The summed E-state index contributed by atoms with van der Waals surface area (Å²) >= 11 is 0. The van der Waals surface area contributed by atoms with Crippen molar-refractivity contribution in [3.63, 3.8) is 0 Å². The number of rotatable bonds is 16. The Morgan fingerprint density at radius 3 is 1.04 bits per heavy atom. The molecule has 244 valence electrons. The first-order valence-electron chi connectivity index (χ1n) is 14.9. The van der Waals surface area contributed by atoms with Crippen LogP contribution in [0.15, 0.2) is 97.1 Å². The van der Waals surface area contributed by atoms with Crippen molar-refractivity contribution in [2.75, 3.05) is 32.3 Å². The highest BCUT2D eigenvalue weighted by Crippen LogP contribution is 2.51. The first kappa shape index (κ1) is 35.3. The average Bonchev–Trinajstić information content (AvgIpc) is 2.97. The van der Waals surface area contributed by atoms with Crippen LogP contribution in [0, 0.1) is 50.4 Å². The van der Waals surface area contributed by atoms with E-state index >= 15 is 0 Å². The second-order valence-corrected chi connectivity index (χ2v) is 15.0. The van der Waals surface area contributed by atoms with Crippen LogP contribution in [0.1, 0.15) is 22.3 Å². The smallest absolute Gasteiger partial charge is 0.415 e. The lowest BCUT2D eigenvalue weighted by Gasteiger charge is -2.31. The Hall–Kier alpha value is -4.56. The Labute approximate surface area is 276 Å². The van der Waals surface area contributed by atoms with Gasteiger partial charge in [-0.3, -0.25) is 9.80 Å². The summed E-state index contributed by atoms with van der Waals surface area (Å²) in [7, 11) is -8.00. The molecule has 0 radical (unpaired) electrons. The van der Waals surface area contributed by atoms with Crippen molar-refractivity contribution in [3.05, 3.63) is 119 Å². The molecule has 0 unspecified atom stereocenters. The zero-order valence-corrected chi connectivity index (χ0v) is 28.7. The molecule has 0 fully saturated rings. The predicted octanol–water partition coefficient (Wildman–Crippen LogP) is 8.45. The van der Waals surface area contributed by atoms with E-state index in [1.54, 1.807) is 72.8 Å². The molecule has 4 aromatic carbocycles. The van der Waals surface area contributed by atoms with Crippen molar-refractivity contribution in [2.45, 2.75) is 27.7 Å². The molecule has 0 saturated carbocycles. The molecule has 0 amide bonds. The highest BCUT2D eigenvalue weighted by Gasteiger charge is 2.36. The first-order chi connectivity index (χ1) is 22.5. The molecule has 4 rings (SSSR count). The van der Waals surface area contributed by atoms with Crippen molar-refractivity contribution >= 4 is 15.2 Å². The highest BCUT2D eigenvalue weighted by atomic mass is 31.2. The van der Waals surface area contributed by atoms with Crippen LogP contribution in [0.2, 0.25) is 0 Å². The second-order valence-electron chi connectivity index (χ2n) is 11.3. The number of aryl methyl sites for hydroxylation is 4. The largest absolute Gasteiger partial charge is 0.444 e. The predicted molar refractivity (Wildman–Crippen MR) is 182 cm³/mol. The molecule has 0 aliphatic carbocycles. The van der Waals surface area contributed by atoms with Crippen molar-refractivity contribution in [3.8, 4) is 35.1 Å². The van der Waals surface area contributed by atoms with Gasteiger partial charge < -0.3 is 18.1 Å². The molecule has 0 bridgehead atoms. The van der Waals surface area contributed by atoms with Gasteiger partial charge in [-0.2, -0.15) is 10.5 Å². The fraction of sp³-hybridized carbons (Fsp3) is 0.257. The second kappa shape index (κ2) is 16.3. The normalized spacial score (nSPS) is 11.5. The monoisotopic (exact) mass is 672 g/mol. The quantitative estimate of drug-likeness (QED) is 0.0650. The Kier molecular flexibility index (Phi) is 12.3. The molecule has 0 heterocycles. The fourth-order valence-corrected chi connectivity index (χ4v) is 8.15. The van der Waals surface area contributed by atoms with Gasteiger partial charge in [0.05, 0.1) is 31.9 Å². The summed E-state index contributed by atoms with van der Waals surface area (Å²) in [5.41, 5.74) is 3.60. The number of benzene rings is 4. The highest BCUT2D eigenvalue weighted by molar-refractivity contribution is 7.54. The molecular weight excluding hydrogens is 634 g/mol. The molecular formula is C35H38N4O6P2. The van der Waals surface area contributed by atoms with Gasteiger partial charge >= 0.3 is 15.2 Å². The lowest BCUT2D eigenvalue weighted by Crippen LogP contribution is -2.40. The van der Waals surface area contributed by atoms with Gasteiger partial charge in [-0.15, -0.1) is 0 Å². The molecule has 0 aliphatic heterocycles. The van der Waals surface area contributed by atoms with E-state index in [1.807, 2.05) is 52.0 Å². The summed E-state index contributed by atoms with van der Waals surface area (Å²) in [6.45, 7) is 7.06. The average molecular weight is 673 g/mol. The first-order valence-corrected chi connectivity index (χ1v) is 18.3. The minimum atomic E-state index is -4.00. The molecule has 0 saturated heterocycles. The third-order valence-corrected chi connectivity index (χ3v) is 10.1. The number of hydrogen-bond donors (Lipinski definition) is 0. The van der Waals surface area contributed by atoms with E-state index < -0.39 is 15.2 Å². The van der Waals surface area contributed by atoms with E-state index in [9.17, 15) is 19.7 Å². The summed E-state index contributed by atoms with van der Waals surface area (Å²) in [6, 6.07) is 32.5. The topological polar surface area (TPSA) is 125 Å². The van der Waals surface area contributed by atoms with Crippen LogP contribution in [0.3, 0.4) is 0 Å². The van der Waals surface area contributed by atoms with Crippen LogP contribution in [0.4, 0.5) is 0 Å². The van der Waals surface area contributed by atoms with Gasteiger partial charge in [0, 0.05) is 0 Å². The van der Waals surface area contributed by atoms with Gasteiger partial charge in [-0.1, -0.05) is 48.5 Å². The minimum absolute atomic E-state index is 0.0994. The van der Waals surface area contributed by atoms with Gasteiger partial charge in [0.25, 0.3) is 0 Å². The van der Waals surface area contributed by atoms with E-state index in [2.05, 4.69) is 12.1 Å². The fourth-order valence-electron chi connectivity index (χ4n) is 4.75. The summed E-state index contributed by atoms with van der Waals surface area (Å²) in [4.78, 5) is 3.04. The number of nitriles is 2. The van der Waals surface area contributed by atoms with Crippen molar-refractivity contribution in [2.24, 2.45) is 0 Å². The molecule has 0 atom stereocenters. The molecule has 0 spiro atoms. The van der Waals surface area contributed by atoms with Gasteiger partial charge in [0.15, 0.2) is 0 Å². The van der Waals surface area contributed by atoms with Gasteiger partial charge in [0.2, 0.25) is 0 Å². The Morgan fingerprint density at radius 1 is 0.532 bits per heavy atom. The molecule has 0 aromatic heterocycles. The van der Waals surface area contributed by atoms with Gasteiger partial charge in [-0.05, 0) is 98.5 Å². The van der Waals surface area contributed by atoms with Gasteiger partial charge in [-0.25, -0.2) is 9.13 Å². The molecule has 0 N–H and O–H groups in total. The number of hydrogen-bond acceptors (Lipinski definition) is 10. The van der Waals surface area contributed by atoms with E-state index in [0.29, 0.717) is 23.0 Å². The Balaban J connectivity index is 1.63. The molecule has 47 heavy (non-hydrogen) atoms. The SMILES string of the molecule is Cc1cccc(OP(=O)(CN(CC#N)CN(CC#N)CP(=O)(Oc2cccc(C)c2)Oc2cccc(C)c2)Oc2cccc(C)c2)c1. The summed E-state index contributed by atoms with van der Waals surface area (Å²) < 4.78 is 53.0. The van der Waals surface area contributed by atoms with E-state index in [1.165, 1.54) is 9.80 Å². The molecule has 10 nitrogen and oxygen atoms in total. The third-order valence-electron chi connectivity index (χ3n) is 6.67. The molecule has 4 aromatic rings.